The van der Waals surface area contributed by atoms with Crippen molar-refractivity contribution < 1.29 is 0 Å². The summed E-state index contributed by atoms with van der Waals surface area (Å²) in [5, 5.41) is 16.3. The summed E-state index contributed by atoms with van der Waals surface area (Å²) < 4.78 is 1.89. The number of aryl methyl sites for hydroxylation is 2. The number of hydrogen-bond acceptors (Lipinski definition) is 4. The van der Waals surface area contributed by atoms with Gasteiger partial charge in [-0.15, -0.1) is 10.2 Å². The van der Waals surface area contributed by atoms with E-state index in [9.17, 15) is 0 Å². The van der Waals surface area contributed by atoms with Crippen molar-refractivity contribution in [1.29, 1.82) is 0 Å². The number of nitrogens with one attached hydrogen (secondary N) is 1. The Labute approximate surface area is 107 Å². The SMILES string of the molecule is Cc1ccc2nnc(CCC3CCNCC3)n2n1. The number of piperidine rings is 1. The van der Waals surface area contributed by atoms with Gasteiger partial charge in [-0.25, -0.2) is 0 Å². The van der Waals surface area contributed by atoms with E-state index in [0.29, 0.717) is 0 Å². The van der Waals surface area contributed by atoms with Crippen LogP contribution >= 0.6 is 0 Å². The predicted octanol–water partition coefficient (Wildman–Crippen LogP) is 1.36. The van der Waals surface area contributed by atoms with Gasteiger partial charge in [0.1, 0.15) is 0 Å². The van der Waals surface area contributed by atoms with Crippen molar-refractivity contribution in [2.45, 2.75) is 32.6 Å². The van der Waals surface area contributed by atoms with Crippen molar-refractivity contribution in [2.75, 3.05) is 13.1 Å². The molecule has 0 aliphatic carbocycles. The summed E-state index contributed by atoms with van der Waals surface area (Å²) >= 11 is 0. The summed E-state index contributed by atoms with van der Waals surface area (Å²) in [7, 11) is 0. The zero-order valence-electron chi connectivity index (χ0n) is 10.8. The molecule has 1 aliphatic heterocycles. The molecule has 2 aromatic heterocycles. The molecule has 1 aliphatic rings. The molecule has 1 N–H and O–H groups in total. The molecule has 1 fully saturated rings. The van der Waals surface area contributed by atoms with E-state index in [-0.39, 0.29) is 0 Å². The number of fused-ring (bicyclic) bond motifs is 1. The lowest BCUT2D eigenvalue weighted by Crippen LogP contribution is -2.28. The Balaban J connectivity index is 1.72. The van der Waals surface area contributed by atoms with Gasteiger partial charge in [0.05, 0.1) is 5.69 Å². The van der Waals surface area contributed by atoms with Crippen LogP contribution in [0.4, 0.5) is 0 Å². The highest BCUT2D eigenvalue weighted by molar-refractivity contribution is 5.35. The second-order valence-electron chi connectivity index (χ2n) is 5.09. The van der Waals surface area contributed by atoms with Gasteiger partial charge in [-0.3, -0.25) is 0 Å². The molecule has 0 saturated carbocycles. The van der Waals surface area contributed by atoms with Crippen molar-refractivity contribution in [3.05, 3.63) is 23.7 Å². The second kappa shape index (κ2) is 5.02. The van der Waals surface area contributed by atoms with E-state index in [4.69, 9.17) is 0 Å². The molecule has 5 heteroatoms. The van der Waals surface area contributed by atoms with Crippen LogP contribution in [0.3, 0.4) is 0 Å². The lowest BCUT2D eigenvalue weighted by molar-refractivity contribution is 0.351. The van der Waals surface area contributed by atoms with Gasteiger partial charge < -0.3 is 5.32 Å². The first-order chi connectivity index (χ1) is 8.83. The smallest absolute Gasteiger partial charge is 0.177 e. The molecule has 0 atom stereocenters. The molecule has 1 saturated heterocycles. The van der Waals surface area contributed by atoms with E-state index in [1.165, 1.54) is 19.3 Å². The first-order valence-electron chi connectivity index (χ1n) is 6.71. The third-order valence-corrected chi connectivity index (χ3v) is 3.70. The largest absolute Gasteiger partial charge is 0.317 e. The van der Waals surface area contributed by atoms with Crippen LogP contribution in [0.5, 0.6) is 0 Å². The summed E-state index contributed by atoms with van der Waals surface area (Å²) in [4.78, 5) is 0. The standard InChI is InChI=1S/C13H19N5/c1-10-2-4-12-15-16-13(18(12)17-10)5-3-11-6-8-14-9-7-11/h2,4,11,14H,3,5-9H2,1H3. The maximum Gasteiger partial charge on any atom is 0.177 e. The number of hydrogen-bond donors (Lipinski definition) is 1. The fraction of sp³-hybridized carbons (Fsp3) is 0.615. The maximum absolute atomic E-state index is 4.48. The maximum atomic E-state index is 4.48. The topological polar surface area (TPSA) is 55.1 Å². The lowest BCUT2D eigenvalue weighted by Gasteiger charge is -2.21. The molecule has 3 rings (SSSR count). The fourth-order valence-electron chi connectivity index (χ4n) is 2.58. The van der Waals surface area contributed by atoms with E-state index >= 15 is 0 Å². The first-order valence-corrected chi connectivity index (χ1v) is 6.71. The van der Waals surface area contributed by atoms with E-state index < -0.39 is 0 Å². The second-order valence-corrected chi connectivity index (χ2v) is 5.09. The molecule has 5 nitrogen and oxygen atoms in total. The zero-order valence-corrected chi connectivity index (χ0v) is 10.8. The molecular formula is C13H19N5. The van der Waals surface area contributed by atoms with Gasteiger partial charge in [0.2, 0.25) is 0 Å². The van der Waals surface area contributed by atoms with E-state index in [1.807, 2.05) is 23.6 Å². The molecule has 0 aromatic carbocycles. The van der Waals surface area contributed by atoms with Crippen LogP contribution < -0.4 is 5.32 Å². The molecule has 0 amide bonds. The van der Waals surface area contributed by atoms with Crippen LogP contribution in [0.25, 0.3) is 5.65 Å². The van der Waals surface area contributed by atoms with Crippen molar-refractivity contribution in [2.24, 2.45) is 5.92 Å². The summed E-state index contributed by atoms with van der Waals surface area (Å²) in [6.07, 6.45) is 4.73. The Hall–Kier alpha value is -1.49. The average Bonchev–Trinajstić information content (AvgIpc) is 2.80. The highest BCUT2D eigenvalue weighted by atomic mass is 15.4. The third-order valence-electron chi connectivity index (χ3n) is 3.70. The summed E-state index contributed by atoms with van der Waals surface area (Å²) in [5.41, 5.74) is 1.85. The van der Waals surface area contributed by atoms with Crippen molar-refractivity contribution >= 4 is 5.65 Å². The number of nitrogens with zero attached hydrogens (tertiary/aromatic N) is 4. The summed E-state index contributed by atoms with van der Waals surface area (Å²) in [5.74, 6) is 1.82. The van der Waals surface area contributed by atoms with E-state index in [1.54, 1.807) is 0 Å². The molecule has 18 heavy (non-hydrogen) atoms. The van der Waals surface area contributed by atoms with Gasteiger partial charge in [0, 0.05) is 6.42 Å². The zero-order chi connectivity index (χ0) is 12.4. The Bertz CT molecular complexity index is 527. The minimum absolute atomic E-state index is 0.823. The third kappa shape index (κ3) is 2.36. The highest BCUT2D eigenvalue weighted by Gasteiger charge is 2.15. The minimum atomic E-state index is 0.823. The van der Waals surface area contributed by atoms with Crippen LogP contribution in [0.1, 0.15) is 30.8 Å². The van der Waals surface area contributed by atoms with Gasteiger partial charge in [0.15, 0.2) is 11.5 Å². The Morgan fingerprint density at radius 3 is 2.94 bits per heavy atom. The fourth-order valence-corrected chi connectivity index (χ4v) is 2.58. The Morgan fingerprint density at radius 2 is 2.11 bits per heavy atom. The normalized spacial score (nSPS) is 17.4. The van der Waals surface area contributed by atoms with Crippen molar-refractivity contribution in [3.63, 3.8) is 0 Å². The van der Waals surface area contributed by atoms with Crippen molar-refractivity contribution in [1.82, 2.24) is 25.1 Å². The van der Waals surface area contributed by atoms with Gasteiger partial charge in [-0.2, -0.15) is 9.61 Å². The molecule has 3 heterocycles. The van der Waals surface area contributed by atoms with Gasteiger partial charge >= 0.3 is 0 Å². The molecular weight excluding hydrogens is 226 g/mol. The lowest BCUT2D eigenvalue weighted by atomic mass is 9.93. The van der Waals surface area contributed by atoms with Crippen LogP contribution in [0, 0.1) is 12.8 Å². The molecule has 0 bridgehead atoms. The Kier molecular flexibility index (Phi) is 3.23. The summed E-state index contributed by atoms with van der Waals surface area (Å²) in [6.45, 7) is 4.31. The molecule has 2 aromatic rings. The number of aromatic nitrogens is 4. The Morgan fingerprint density at radius 1 is 1.28 bits per heavy atom. The first kappa shape index (κ1) is 11.6. The highest BCUT2D eigenvalue weighted by Crippen LogP contribution is 2.18. The predicted molar refractivity (Wildman–Crippen MR) is 69.4 cm³/mol. The molecule has 0 unspecified atom stereocenters. The van der Waals surface area contributed by atoms with Gasteiger partial charge in [-0.1, -0.05) is 0 Å². The van der Waals surface area contributed by atoms with Crippen LogP contribution in [-0.2, 0) is 6.42 Å². The average molecular weight is 245 g/mol. The molecule has 96 valence electrons. The van der Waals surface area contributed by atoms with E-state index in [2.05, 4.69) is 20.6 Å². The van der Waals surface area contributed by atoms with Crippen molar-refractivity contribution in [3.8, 4) is 0 Å². The van der Waals surface area contributed by atoms with Crippen LogP contribution in [0.2, 0.25) is 0 Å². The monoisotopic (exact) mass is 245 g/mol. The quantitative estimate of drug-likeness (QED) is 0.887. The minimum Gasteiger partial charge on any atom is -0.317 e. The van der Waals surface area contributed by atoms with Crippen LogP contribution in [0.15, 0.2) is 12.1 Å². The van der Waals surface area contributed by atoms with Gasteiger partial charge in [-0.05, 0) is 57.3 Å². The molecule has 0 spiro atoms. The number of rotatable bonds is 3. The summed E-state index contributed by atoms with van der Waals surface area (Å²) in [6, 6.07) is 3.95. The van der Waals surface area contributed by atoms with Crippen LogP contribution in [-0.4, -0.2) is 32.9 Å². The van der Waals surface area contributed by atoms with Gasteiger partial charge in [0.25, 0.3) is 0 Å². The van der Waals surface area contributed by atoms with E-state index in [0.717, 1.165) is 42.6 Å². The molecule has 0 radical (unpaired) electrons.